The molecule has 8 heteroatoms. The second-order valence-corrected chi connectivity index (χ2v) is 7.57. The van der Waals surface area contributed by atoms with Crippen LogP contribution in [0.2, 0.25) is 0 Å². The molecule has 0 spiro atoms. The van der Waals surface area contributed by atoms with E-state index in [1.54, 1.807) is 12.1 Å². The minimum absolute atomic E-state index is 0.0116. The monoisotopic (exact) mass is 459 g/mol. The van der Waals surface area contributed by atoms with Crippen LogP contribution in [0.1, 0.15) is 0 Å². The molecule has 174 valence electrons. The lowest BCUT2D eigenvalue weighted by Gasteiger charge is -2.34. The Kier molecular flexibility index (Phi) is 8.21. The van der Waals surface area contributed by atoms with Gasteiger partial charge in [0.25, 0.3) is 0 Å². The Bertz CT molecular complexity index is 1270. The molecular weight excluding hydrogens is 434 g/mol. The predicted molar refractivity (Wildman–Crippen MR) is 131 cm³/mol. The summed E-state index contributed by atoms with van der Waals surface area (Å²) in [6.07, 6.45) is 8.43. The summed E-state index contributed by atoms with van der Waals surface area (Å²) >= 11 is 0. The number of carboxylic acids is 2. The number of terminal acetylenes is 1. The molecule has 0 amide bonds. The highest BCUT2D eigenvalue weighted by Crippen LogP contribution is 2.32. The molecule has 1 aliphatic rings. The number of carbonyl (C=O) groups is 2. The number of aromatic nitrogens is 1. The number of hydrogen-bond acceptors (Lipinski definition) is 5. The molecular formula is C26H25N3O5. The van der Waals surface area contributed by atoms with Gasteiger partial charge >= 0.3 is 11.9 Å². The van der Waals surface area contributed by atoms with Gasteiger partial charge in [-0.1, -0.05) is 36.3 Å². The van der Waals surface area contributed by atoms with E-state index in [9.17, 15) is 14.4 Å². The van der Waals surface area contributed by atoms with Crippen molar-refractivity contribution in [2.45, 2.75) is 0 Å². The van der Waals surface area contributed by atoms with Gasteiger partial charge in [0.1, 0.15) is 5.82 Å². The lowest BCUT2D eigenvalue weighted by Crippen LogP contribution is -2.46. The van der Waals surface area contributed by atoms with E-state index in [2.05, 4.69) is 38.3 Å². The van der Waals surface area contributed by atoms with Crippen LogP contribution in [0.3, 0.4) is 0 Å². The molecule has 2 N–H and O–H groups in total. The number of piperazine rings is 1. The second kappa shape index (κ2) is 11.5. The van der Waals surface area contributed by atoms with Crippen molar-refractivity contribution in [3.63, 3.8) is 0 Å². The average Bonchev–Trinajstić information content (AvgIpc) is 3.09. The van der Waals surface area contributed by atoms with Crippen molar-refractivity contribution in [3.05, 3.63) is 83.2 Å². The zero-order chi connectivity index (χ0) is 24.5. The van der Waals surface area contributed by atoms with Crippen LogP contribution in [0.25, 0.3) is 16.6 Å². The highest BCUT2D eigenvalue weighted by molar-refractivity contribution is 5.89. The third kappa shape index (κ3) is 6.34. The molecule has 8 nitrogen and oxygen atoms in total. The van der Waals surface area contributed by atoms with E-state index in [0.717, 1.165) is 48.6 Å². The highest BCUT2D eigenvalue weighted by atomic mass is 16.4. The third-order valence-corrected chi connectivity index (χ3v) is 5.31. The number of carboxylic acid groups (broad SMARTS) is 2. The fourth-order valence-corrected chi connectivity index (χ4v) is 3.72. The summed E-state index contributed by atoms with van der Waals surface area (Å²) < 4.78 is 2.13. The standard InChI is InChI=1S/C22H21N3O.C4H4O4/c1-2-11-23-13-15-24(16-14-23)22-17-20(18-6-4-3-5-7-18)21-9-8-19(26)10-12-25(21)22;5-3(6)1-2-4(7)8/h1,3-10,12,17H,11,13-16H2;1-2H,(H,5,6)(H,7,8). The molecule has 3 aromatic rings. The largest absolute Gasteiger partial charge is 0.478 e. The molecule has 1 fully saturated rings. The summed E-state index contributed by atoms with van der Waals surface area (Å²) in [7, 11) is 0. The van der Waals surface area contributed by atoms with Crippen LogP contribution in [0.5, 0.6) is 0 Å². The Morgan fingerprint density at radius 1 is 0.941 bits per heavy atom. The van der Waals surface area contributed by atoms with Crippen molar-refractivity contribution in [2.24, 2.45) is 0 Å². The fourth-order valence-electron chi connectivity index (χ4n) is 3.72. The number of benzene rings is 1. The summed E-state index contributed by atoms with van der Waals surface area (Å²) in [5.74, 6) is 1.33. The summed E-state index contributed by atoms with van der Waals surface area (Å²) in [4.78, 5) is 35.6. The second-order valence-electron chi connectivity index (χ2n) is 7.57. The van der Waals surface area contributed by atoms with Gasteiger partial charge in [0.2, 0.25) is 0 Å². The Morgan fingerprint density at radius 2 is 1.59 bits per heavy atom. The first-order valence-corrected chi connectivity index (χ1v) is 10.6. The maximum Gasteiger partial charge on any atom is 0.328 e. The quantitative estimate of drug-likeness (QED) is 0.446. The third-order valence-electron chi connectivity index (χ3n) is 5.31. The molecule has 0 unspecified atom stereocenters. The minimum atomic E-state index is -1.26. The first-order valence-electron chi connectivity index (χ1n) is 10.6. The highest BCUT2D eigenvalue weighted by Gasteiger charge is 2.20. The average molecular weight is 460 g/mol. The van der Waals surface area contributed by atoms with Gasteiger partial charge in [0, 0.05) is 56.2 Å². The normalized spacial score (nSPS) is 13.8. The predicted octanol–water partition coefficient (Wildman–Crippen LogP) is 2.43. The van der Waals surface area contributed by atoms with E-state index in [4.69, 9.17) is 16.6 Å². The Balaban J connectivity index is 0.000000350. The van der Waals surface area contributed by atoms with Gasteiger partial charge in [-0.15, -0.1) is 6.42 Å². The Labute approximate surface area is 197 Å². The molecule has 34 heavy (non-hydrogen) atoms. The van der Waals surface area contributed by atoms with E-state index in [1.165, 1.54) is 0 Å². The molecule has 0 bridgehead atoms. The molecule has 3 heterocycles. The molecule has 4 rings (SSSR count). The molecule has 0 aliphatic carbocycles. The molecule has 0 atom stereocenters. The van der Waals surface area contributed by atoms with Gasteiger partial charge in [0.15, 0.2) is 5.43 Å². The molecule has 2 aromatic heterocycles. The number of nitrogens with zero attached hydrogens (tertiary/aromatic N) is 3. The van der Waals surface area contributed by atoms with Crippen LogP contribution >= 0.6 is 0 Å². The van der Waals surface area contributed by atoms with Crippen LogP contribution < -0.4 is 10.3 Å². The Morgan fingerprint density at radius 3 is 2.18 bits per heavy atom. The van der Waals surface area contributed by atoms with Gasteiger partial charge in [0.05, 0.1) is 12.1 Å². The van der Waals surface area contributed by atoms with Crippen molar-refractivity contribution in [2.75, 3.05) is 37.6 Å². The van der Waals surface area contributed by atoms with Crippen LogP contribution in [-0.4, -0.2) is 64.2 Å². The van der Waals surface area contributed by atoms with E-state index in [1.807, 2.05) is 30.5 Å². The van der Waals surface area contributed by atoms with Crippen LogP contribution in [-0.2, 0) is 9.59 Å². The maximum atomic E-state index is 11.9. The van der Waals surface area contributed by atoms with Gasteiger partial charge in [-0.2, -0.15) is 0 Å². The van der Waals surface area contributed by atoms with Crippen molar-refractivity contribution in [3.8, 4) is 23.5 Å². The topological polar surface area (TPSA) is 103 Å². The smallest absolute Gasteiger partial charge is 0.328 e. The molecule has 0 saturated carbocycles. The summed E-state index contributed by atoms with van der Waals surface area (Å²) in [5, 5.41) is 15.6. The molecule has 1 aliphatic heterocycles. The molecule has 1 aromatic carbocycles. The number of fused-ring (bicyclic) bond motifs is 1. The van der Waals surface area contributed by atoms with E-state index in [-0.39, 0.29) is 5.43 Å². The lowest BCUT2D eigenvalue weighted by molar-refractivity contribution is -0.134. The first kappa shape index (κ1) is 24.3. The number of aliphatic carboxylic acids is 2. The fraction of sp³-hybridized carbons (Fsp3) is 0.192. The number of anilines is 1. The molecule has 1 saturated heterocycles. The van der Waals surface area contributed by atoms with Gasteiger partial charge in [-0.25, -0.2) is 9.59 Å². The van der Waals surface area contributed by atoms with Crippen molar-refractivity contribution >= 4 is 23.3 Å². The van der Waals surface area contributed by atoms with E-state index in [0.29, 0.717) is 18.7 Å². The van der Waals surface area contributed by atoms with E-state index < -0.39 is 11.9 Å². The number of hydrogen-bond donors (Lipinski definition) is 2. The zero-order valence-electron chi connectivity index (χ0n) is 18.5. The maximum absolute atomic E-state index is 11.9. The molecule has 0 radical (unpaired) electrons. The summed E-state index contributed by atoms with van der Waals surface area (Å²) in [6.45, 7) is 4.44. The van der Waals surface area contributed by atoms with Crippen molar-refractivity contribution in [1.82, 2.24) is 9.30 Å². The SMILES string of the molecule is C#CCN1CCN(c2cc(-c3ccccc3)c3ccc(=O)ccn23)CC1.O=C(O)C=CC(=O)O. The van der Waals surface area contributed by atoms with Crippen LogP contribution in [0, 0.1) is 12.3 Å². The Hall–Kier alpha value is -4.35. The minimum Gasteiger partial charge on any atom is -0.478 e. The van der Waals surface area contributed by atoms with Gasteiger partial charge in [-0.05, 0) is 23.8 Å². The van der Waals surface area contributed by atoms with Crippen LogP contribution in [0.15, 0.2) is 77.7 Å². The summed E-state index contributed by atoms with van der Waals surface area (Å²) in [6, 6.07) is 17.7. The van der Waals surface area contributed by atoms with Crippen LogP contribution in [0.4, 0.5) is 5.82 Å². The van der Waals surface area contributed by atoms with Gasteiger partial charge < -0.3 is 19.5 Å². The van der Waals surface area contributed by atoms with Crippen molar-refractivity contribution < 1.29 is 19.8 Å². The first-order chi connectivity index (χ1) is 16.4. The number of rotatable bonds is 5. The summed E-state index contributed by atoms with van der Waals surface area (Å²) in [5.41, 5.74) is 3.35. The zero-order valence-corrected chi connectivity index (χ0v) is 18.5. The van der Waals surface area contributed by atoms with E-state index >= 15 is 0 Å². The lowest BCUT2D eigenvalue weighted by atomic mass is 10.1. The van der Waals surface area contributed by atoms with Gasteiger partial charge in [-0.3, -0.25) is 9.69 Å². The van der Waals surface area contributed by atoms with Crippen molar-refractivity contribution in [1.29, 1.82) is 0 Å².